The van der Waals surface area contributed by atoms with Gasteiger partial charge in [0.25, 0.3) is 5.91 Å². The van der Waals surface area contributed by atoms with Gasteiger partial charge < -0.3 is 15.0 Å². The zero-order valence-electron chi connectivity index (χ0n) is 13.4. The van der Waals surface area contributed by atoms with Crippen LogP contribution >= 0.6 is 11.6 Å². The van der Waals surface area contributed by atoms with Gasteiger partial charge in [0.1, 0.15) is 5.75 Å². The molecule has 5 nitrogen and oxygen atoms in total. The Morgan fingerprint density at radius 3 is 2.79 bits per heavy atom. The molecule has 1 heterocycles. The van der Waals surface area contributed by atoms with Gasteiger partial charge in [-0.15, -0.1) is 0 Å². The number of nitrogens with one attached hydrogen (secondary N) is 1. The highest BCUT2D eigenvalue weighted by molar-refractivity contribution is 6.31. The van der Waals surface area contributed by atoms with Crippen LogP contribution in [0.5, 0.6) is 5.75 Å². The van der Waals surface area contributed by atoms with E-state index < -0.39 is 6.10 Å². The van der Waals surface area contributed by atoms with Crippen LogP contribution in [0.1, 0.15) is 12.0 Å². The van der Waals surface area contributed by atoms with Crippen molar-refractivity contribution in [3.63, 3.8) is 0 Å². The van der Waals surface area contributed by atoms with Gasteiger partial charge in [0.15, 0.2) is 6.10 Å². The molecule has 2 aromatic carbocycles. The van der Waals surface area contributed by atoms with E-state index in [0.29, 0.717) is 22.1 Å². The van der Waals surface area contributed by atoms with Crippen molar-refractivity contribution in [2.24, 2.45) is 0 Å². The van der Waals surface area contributed by atoms with Crippen LogP contribution in [0, 0.1) is 6.92 Å². The molecule has 2 amide bonds. The van der Waals surface area contributed by atoms with E-state index in [2.05, 4.69) is 5.32 Å². The van der Waals surface area contributed by atoms with Crippen LogP contribution in [-0.4, -0.2) is 25.0 Å². The molecule has 1 atom stereocenters. The summed E-state index contributed by atoms with van der Waals surface area (Å²) in [6, 6.07) is 12.5. The minimum atomic E-state index is -0.843. The molecule has 0 radical (unpaired) electrons. The van der Waals surface area contributed by atoms with Gasteiger partial charge in [0, 0.05) is 17.8 Å². The van der Waals surface area contributed by atoms with Gasteiger partial charge in [-0.05, 0) is 36.8 Å². The minimum Gasteiger partial charge on any atom is -0.478 e. The summed E-state index contributed by atoms with van der Waals surface area (Å²) in [6.45, 7) is 1.82. The first-order valence-electron chi connectivity index (χ1n) is 7.55. The first-order valence-corrected chi connectivity index (χ1v) is 7.93. The standard InChI is InChI=1S/C18H17ClN2O3/c1-11-12(19)6-5-7-13(11)20-17(22)10-16-18(23)21(2)14-8-3-4-9-15(14)24-16/h3-9,16H,10H2,1-2H3,(H,20,22). The Balaban J connectivity index is 1.73. The second kappa shape index (κ2) is 6.53. The van der Waals surface area contributed by atoms with Gasteiger partial charge in [0.2, 0.25) is 5.91 Å². The Morgan fingerprint density at radius 2 is 2.00 bits per heavy atom. The van der Waals surface area contributed by atoms with Crippen molar-refractivity contribution >= 4 is 34.8 Å². The maximum Gasteiger partial charge on any atom is 0.268 e. The van der Waals surface area contributed by atoms with Crippen LogP contribution in [-0.2, 0) is 9.59 Å². The van der Waals surface area contributed by atoms with E-state index >= 15 is 0 Å². The number of carbonyl (C=O) groups is 2. The lowest BCUT2D eigenvalue weighted by Crippen LogP contribution is -2.45. The summed E-state index contributed by atoms with van der Waals surface area (Å²) in [5.41, 5.74) is 2.11. The molecule has 1 N–H and O–H groups in total. The SMILES string of the molecule is Cc1c(Cl)cccc1NC(=O)CC1Oc2ccccc2N(C)C1=O. The minimum absolute atomic E-state index is 0.0660. The molecular weight excluding hydrogens is 328 g/mol. The molecule has 1 aliphatic heterocycles. The van der Waals surface area contributed by atoms with Crippen molar-refractivity contribution in [3.8, 4) is 5.75 Å². The number of likely N-dealkylation sites (N-methyl/N-ethyl adjacent to an activating group) is 1. The Kier molecular flexibility index (Phi) is 4.44. The highest BCUT2D eigenvalue weighted by atomic mass is 35.5. The maximum absolute atomic E-state index is 12.4. The zero-order chi connectivity index (χ0) is 17.3. The molecule has 0 saturated carbocycles. The van der Waals surface area contributed by atoms with Crippen molar-refractivity contribution in [1.29, 1.82) is 0 Å². The molecule has 3 rings (SSSR count). The lowest BCUT2D eigenvalue weighted by molar-refractivity contribution is -0.130. The number of carbonyl (C=O) groups excluding carboxylic acids is 2. The predicted molar refractivity (Wildman–Crippen MR) is 93.7 cm³/mol. The number of nitrogens with zero attached hydrogens (tertiary/aromatic N) is 1. The van der Waals surface area contributed by atoms with Crippen molar-refractivity contribution in [1.82, 2.24) is 0 Å². The van der Waals surface area contributed by atoms with E-state index in [-0.39, 0.29) is 18.2 Å². The molecule has 0 bridgehead atoms. The summed E-state index contributed by atoms with van der Waals surface area (Å²) in [4.78, 5) is 26.2. The summed E-state index contributed by atoms with van der Waals surface area (Å²) in [5.74, 6) is 0.0505. The van der Waals surface area contributed by atoms with E-state index in [4.69, 9.17) is 16.3 Å². The van der Waals surface area contributed by atoms with Crippen LogP contribution in [0.2, 0.25) is 5.02 Å². The average Bonchev–Trinajstić information content (AvgIpc) is 2.56. The largest absolute Gasteiger partial charge is 0.478 e. The lowest BCUT2D eigenvalue weighted by atomic mass is 10.1. The Morgan fingerprint density at radius 1 is 1.25 bits per heavy atom. The number of rotatable bonds is 3. The molecule has 24 heavy (non-hydrogen) atoms. The van der Waals surface area contributed by atoms with Crippen molar-refractivity contribution in [2.75, 3.05) is 17.3 Å². The molecule has 0 spiro atoms. The van der Waals surface area contributed by atoms with Gasteiger partial charge in [-0.2, -0.15) is 0 Å². The predicted octanol–water partition coefficient (Wildman–Crippen LogP) is 3.40. The molecule has 6 heteroatoms. The zero-order valence-corrected chi connectivity index (χ0v) is 14.1. The number of hydrogen-bond acceptors (Lipinski definition) is 3. The average molecular weight is 345 g/mol. The topological polar surface area (TPSA) is 58.6 Å². The van der Waals surface area contributed by atoms with Crippen molar-refractivity contribution in [2.45, 2.75) is 19.4 Å². The summed E-state index contributed by atoms with van der Waals surface area (Å²) < 4.78 is 5.70. The van der Waals surface area contributed by atoms with Gasteiger partial charge >= 0.3 is 0 Å². The molecule has 1 unspecified atom stereocenters. The third-order valence-corrected chi connectivity index (χ3v) is 4.42. The highest BCUT2D eigenvalue weighted by Crippen LogP contribution is 2.33. The number of hydrogen-bond donors (Lipinski definition) is 1. The molecule has 1 aliphatic rings. The molecule has 124 valence electrons. The van der Waals surface area contributed by atoms with E-state index in [1.165, 1.54) is 4.90 Å². The number of ether oxygens (including phenoxy) is 1. The van der Waals surface area contributed by atoms with Crippen LogP contribution in [0.3, 0.4) is 0 Å². The van der Waals surface area contributed by atoms with Crippen molar-refractivity contribution in [3.05, 3.63) is 53.1 Å². The molecule has 0 fully saturated rings. The fraction of sp³-hybridized carbons (Fsp3) is 0.222. The molecule has 2 aromatic rings. The summed E-state index contributed by atoms with van der Waals surface area (Å²) in [5, 5.41) is 3.36. The smallest absolute Gasteiger partial charge is 0.268 e. The quantitative estimate of drug-likeness (QED) is 0.928. The summed E-state index contributed by atoms with van der Waals surface area (Å²) >= 11 is 6.05. The van der Waals surface area contributed by atoms with Gasteiger partial charge in [-0.1, -0.05) is 29.8 Å². The van der Waals surface area contributed by atoms with Gasteiger partial charge in [-0.3, -0.25) is 9.59 Å². The van der Waals surface area contributed by atoms with Crippen LogP contribution in [0.4, 0.5) is 11.4 Å². The maximum atomic E-state index is 12.4. The third-order valence-electron chi connectivity index (χ3n) is 4.01. The van der Waals surface area contributed by atoms with E-state index in [1.54, 1.807) is 37.4 Å². The van der Waals surface area contributed by atoms with E-state index in [0.717, 1.165) is 5.56 Å². The van der Waals surface area contributed by atoms with Crippen molar-refractivity contribution < 1.29 is 14.3 Å². The Bertz CT molecular complexity index is 807. The van der Waals surface area contributed by atoms with Gasteiger partial charge in [-0.25, -0.2) is 0 Å². The summed E-state index contributed by atoms with van der Waals surface area (Å²) in [7, 11) is 1.68. The van der Waals surface area contributed by atoms with Gasteiger partial charge in [0.05, 0.1) is 12.1 Å². The number of benzene rings is 2. The fourth-order valence-corrected chi connectivity index (χ4v) is 2.79. The molecular formula is C18H17ClN2O3. The Hall–Kier alpha value is -2.53. The lowest BCUT2D eigenvalue weighted by Gasteiger charge is -2.31. The van der Waals surface area contributed by atoms with Crippen LogP contribution < -0.4 is 15.0 Å². The monoisotopic (exact) mass is 344 g/mol. The fourth-order valence-electron chi connectivity index (χ4n) is 2.61. The molecule has 0 aromatic heterocycles. The first-order chi connectivity index (χ1) is 11.5. The number of para-hydroxylation sites is 2. The highest BCUT2D eigenvalue weighted by Gasteiger charge is 2.33. The first kappa shape index (κ1) is 16.3. The van der Waals surface area contributed by atoms with Crippen LogP contribution in [0.25, 0.3) is 0 Å². The second-order valence-corrected chi connectivity index (χ2v) is 6.04. The normalized spacial score (nSPS) is 16.4. The number of halogens is 1. The number of amides is 2. The number of fused-ring (bicyclic) bond motifs is 1. The van der Waals surface area contributed by atoms with Crippen LogP contribution in [0.15, 0.2) is 42.5 Å². The Labute approximate surface area is 145 Å². The third kappa shape index (κ3) is 3.08. The second-order valence-electron chi connectivity index (χ2n) is 5.64. The van der Waals surface area contributed by atoms with E-state index in [9.17, 15) is 9.59 Å². The summed E-state index contributed by atoms with van der Waals surface area (Å²) in [6.07, 6.45) is -0.909. The number of anilines is 2. The molecule has 0 aliphatic carbocycles. The van der Waals surface area contributed by atoms with E-state index in [1.807, 2.05) is 19.1 Å². The molecule has 0 saturated heterocycles.